The molecule has 0 aliphatic carbocycles. The number of rotatable bonds is 6. The number of halogens is 5. The number of carbonyl (C=O) groups excluding carboxylic acids is 1. The predicted octanol–water partition coefficient (Wildman–Crippen LogP) is 6.28. The van der Waals surface area contributed by atoms with Crippen LogP contribution in [0.5, 0.6) is 11.5 Å². The molecule has 1 saturated heterocycles. The van der Waals surface area contributed by atoms with Gasteiger partial charge in [-0.15, -0.1) is 0 Å². The van der Waals surface area contributed by atoms with E-state index in [1.54, 1.807) is 24.4 Å². The van der Waals surface area contributed by atoms with Crippen LogP contribution in [0.1, 0.15) is 11.3 Å². The molecule has 3 N–H and O–H groups in total. The van der Waals surface area contributed by atoms with Crippen LogP contribution in [0.25, 0.3) is 11.0 Å². The van der Waals surface area contributed by atoms with E-state index in [1.165, 1.54) is 18.2 Å². The standard InChI is InChI=1S/C27H23ClF4N6O2/c28-21-4-1-16(11-20(21)27(30,31)32)36-26(39)37-17-2-5-22(29)25(12-17)40-19-3-6-23-24(13-19)35-18(14-34-23)15-38-9-7-33-8-10-38/h1-6,11-14,33H,7-10,15H2,(H2,36,37,39). The van der Waals surface area contributed by atoms with Crippen molar-refractivity contribution >= 4 is 40.0 Å². The second-order valence-corrected chi connectivity index (χ2v) is 9.46. The second-order valence-electron chi connectivity index (χ2n) is 9.06. The fourth-order valence-electron chi connectivity index (χ4n) is 4.17. The van der Waals surface area contributed by atoms with Gasteiger partial charge in [-0.3, -0.25) is 9.88 Å². The van der Waals surface area contributed by atoms with E-state index in [2.05, 4.69) is 30.8 Å². The molecule has 5 rings (SSSR count). The average molecular weight is 575 g/mol. The van der Waals surface area contributed by atoms with Gasteiger partial charge in [-0.25, -0.2) is 14.2 Å². The van der Waals surface area contributed by atoms with Gasteiger partial charge in [0.2, 0.25) is 0 Å². The molecule has 1 aromatic heterocycles. The molecule has 8 nitrogen and oxygen atoms in total. The first-order chi connectivity index (χ1) is 19.1. The molecule has 0 atom stereocenters. The van der Waals surface area contributed by atoms with E-state index in [0.29, 0.717) is 23.3 Å². The fourth-order valence-corrected chi connectivity index (χ4v) is 4.39. The molecule has 0 saturated carbocycles. The Labute approximate surface area is 231 Å². The molecule has 13 heteroatoms. The lowest BCUT2D eigenvalue weighted by molar-refractivity contribution is -0.137. The van der Waals surface area contributed by atoms with Gasteiger partial charge >= 0.3 is 12.2 Å². The summed E-state index contributed by atoms with van der Waals surface area (Å²) in [6, 6.07) is 10.8. The molecule has 3 aromatic carbocycles. The molecule has 40 heavy (non-hydrogen) atoms. The number of nitrogens with zero attached hydrogens (tertiary/aromatic N) is 3. The van der Waals surface area contributed by atoms with Gasteiger partial charge in [0, 0.05) is 56.2 Å². The van der Waals surface area contributed by atoms with Crippen molar-refractivity contribution in [3.63, 3.8) is 0 Å². The third-order valence-corrected chi connectivity index (χ3v) is 6.43. The quantitative estimate of drug-likeness (QED) is 0.235. The van der Waals surface area contributed by atoms with Gasteiger partial charge < -0.3 is 20.7 Å². The van der Waals surface area contributed by atoms with Gasteiger partial charge in [-0.05, 0) is 42.5 Å². The summed E-state index contributed by atoms with van der Waals surface area (Å²) in [5.41, 5.74) is 0.984. The van der Waals surface area contributed by atoms with Crippen molar-refractivity contribution in [1.82, 2.24) is 20.2 Å². The highest BCUT2D eigenvalue weighted by atomic mass is 35.5. The SMILES string of the molecule is O=C(Nc1ccc(F)c(Oc2ccc3ncc(CN4CCNCC4)nc3c2)c1)Nc1ccc(Cl)c(C(F)(F)F)c1. The van der Waals surface area contributed by atoms with E-state index in [1.807, 2.05) is 0 Å². The lowest BCUT2D eigenvalue weighted by Crippen LogP contribution is -2.43. The molecule has 0 radical (unpaired) electrons. The number of urea groups is 1. The van der Waals surface area contributed by atoms with Crippen LogP contribution in [-0.4, -0.2) is 47.1 Å². The highest BCUT2D eigenvalue weighted by Crippen LogP contribution is 2.36. The molecule has 208 valence electrons. The van der Waals surface area contributed by atoms with Crippen molar-refractivity contribution in [2.75, 3.05) is 36.8 Å². The van der Waals surface area contributed by atoms with Crippen LogP contribution in [0.3, 0.4) is 0 Å². The Hall–Kier alpha value is -4.00. The predicted molar refractivity (Wildman–Crippen MR) is 143 cm³/mol. The number of nitrogens with one attached hydrogen (secondary N) is 3. The van der Waals surface area contributed by atoms with Crippen LogP contribution < -0.4 is 20.7 Å². The molecule has 1 aliphatic heterocycles. The number of hydrogen-bond donors (Lipinski definition) is 3. The van der Waals surface area contributed by atoms with Crippen molar-refractivity contribution in [2.24, 2.45) is 0 Å². The molecule has 0 bridgehead atoms. The maximum atomic E-state index is 14.6. The van der Waals surface area contributed by atoms with Crippen molar-refractivity contribution in [3.05, 3.63) is 82.9 Å². The van der Waals surface area contributed by atoms with E-state index in [9.17, 15) is 22.4 Å². The van der Waals surface area contributed by atoms with Crippen LogP contribution in [0.2, 0.25) is 5.02 Å². The van der Waals surface area contributed by atoms with Crippen LogP contribution in [0, 0.1) is 5.82 Å². The highest BCUT2D eigenvalue weighted by molar-refractivity contribution is 6.31. The number of alkyl halides is 3. The lowest BCUT2D eigenvalue weighted by atomic mass is 10.2. The molecule has 1 aliphatic rings. The first-order valence-electron chi connectivity index (χ1n) is 12.2. The number of amides is 2. The van der Waals surface area contributed by atoms with Gasteiger partial charge in [0.1, 0.15) is 5.75 Å². The number of piperazine rings is 1. The molecule has 1 fully saturated rings. The summed E-state index contributed by atoms with van der Waals surface area (Å²) >= 11 is 5.62. The molecule has 2 heterocycles. The van der Waals surface area contributed by atoms with Crippen molar-refractivity contribution in [3.8, 4) is 11.5 Å². The third-order valence-electron chi connectivity index (χ3n) is 6.11. The Balaban J connectivity index is 1.28. The summed E-state index contributed by atoms with van der Waals surface area (Å²) in [4.78, 5) is 23.8. The van der Waals surface area contributed by atoms with E-state index < -0.39 is 28.6 Å². The number of anilines is 2. The maximum absolute atomic E-state index is 14.6. The first-order valence-corrected chi connectivity index (χ1v) is 12.6. The minimum atomic E-state index is -4.69. The van der Waals surface area contributed by atoms with Crippen molar-refractivity contribution < 1.29 is 27.1 Å². The normalized spacial score (nSPS) is 14.2. The minimum absolute atomic E-state index is 0.124. The van der Waals surface area contributed by atoms with Gasteiger partial charge in [0.05, 0.1) is 33.5 Å². The van der Waals surface area contributed by atoms with E-state index in [0.717, 1.165) is 50.1 Å². The minimum Gasteiger partial charge on any atom is -0.454 e. The van der Waals surface area contributed by atoms with Crippen LogP contribution in [0.4, 0.5) is 33.7 Å². The van der Waals surface area contributed by atoms with Gasteiger partial charge in [-0.2, -0.15) is 13.2 Å². The maximum Gasteiger partial charge on any atom is 0.417 e. The number of ether oxygens (including phenoxy) is 1. The number of fused-ring (bicyclic) bond motifs is 1. The van der Waals surface area contributed by atoms with E-state index in [4.69, 9.17) is 16.3 Å². The Morgan fingerprint density at radius 2 is 1.73 bits per heavy atom. The Morgan fingerprint density at radius 1 is 1.00 bits per heavy atom. The Kier molecular flexibility index (Phi) is 8.01. The van der Waals surface area contributed by atoms with Crippen molar-refractivity contribution in [1.29, 1.82) is 0 Å². The smallest absolute Gasteiger partial charge is 0.417 e. The molecular weight excluding hydrogens is 552 g/mol. The lowest BCUT2D eigenvalue weighted by Gasteiger charge is -2.26. The van der Waals surface area contributed by atoms with Crippen LogP contribution >= 0.6 is 11.6 Å². The van der Waals surface area contributed by atoms with Gasteiger partial charge in [0.25, 0.3) is 0 Å². The average Bonchev–Trinajstić information content (AvgIpc) is 2.91. The molecule has 0 unspecified atom stereocenters. The topological polar surface area (TPSA) is 91.4 Å². The third kappa shape index (κ3) is 6.76. The summed E-state index contributed by atoms with van der Waals surface area (Å²) in [6.07, 6.45) is -2.95. The number of carbonyl (C=O) groups is 1. The zero-order valence-corrected chi connectivity index (χ0v) is 21.6. The van der Waals surface area contributed by atoms with E-state index >= 15 is 0 Å². The van der Waals surface area contributed by atoms with E-state index in [-0.39, 0.29) is 17.1 Å². The molecular formula is C27H23ClF4N6O2. The summed E-state index contributed by atoms with van der Waals surface area (Å²) in [5.74, 6) is -0.549. The molecule has 0 spiro atoms. The molecule has 4 aromatic rings. The monoisotopic (exact) mass is 574 g/mol. The van der Waals surface area contributed by atoms with Gasteiger partial charge in [0.15, 0.2) is 11.6 Å². The zero-order chi connectivity index (χ0) is 28.3. The Morgan fingerprint density at radius 3 is 2.48 bits per heavy atom. The van der Waals surface area contributed by atoms with Gasteiger partial charge in [-0.1, -0.05) is 11.6 Å². The van der Waals surface area contributed by atoms with Crippen LogP contribution in [-0.2, 0) is 12.7 Å². The number of aromatic nitrogens is 2. The summed E-state index contributed by atoms with van der Waals surface area (Å²) in [6.45, 7) is 4.33. The largest absolute Gasteiger partial charge is 0.454 e. The molecule has 2 amide bonds. The summed E-state index contributed by atoms with van der Waals surface area (Å²) in [5, 5.41) is 7.57. The fraction of sp³-hybridized carbons (Fsp3) is 0.222. The zero-order valence-electron chi connectivity index (χ0n) is 20.9. The number of benzene rings is 3. The first kappa shape index (κ1) is 27.6. The van der Waals surface area contributed by atoms with Crippen molar-refractivity contribution in [2.45, 2.75) is 12.7 Å². The summed E-state index contributed by atoms with van der Waals surface area (Å²) < 4.78 is 59.6. The Bertz CT molecular complexity index is 1550. The highest BCUT2D eigenvalue weighted by Gasteiger charge is 2.33. The van der Waals surface area contributed by atoms with Crippen LogP contribution in [0.15, 0.2) is 60.8 Å². The number of hydrogen-bond acceptors (Lipinski definition) is 6. The second kappa shape index (κ2) is 11.6. The summed E-state index contributed by atoms with van der Waals surface area (Å²) in [7, 11) is 0.